The van der Waals surface area contributed by atoms with Gasteiger partial charge in [-0.25, -0.2) is 8.42 Å². The average molecular weight is 335 g/mol. The van der Waals surface area contributed by atoms with E-state index in [2.05, 4.69) is 17.4 Å². The van der Waals surface area contributed by atoms with Gasteiger partial charge in [-0.1, -0.05) is 24.3 Å². The molecule has 0 saturated heterocycles. The van der Waals surface area contributed by atoms with Crippen molar-refractivity contribution < 1.29 is 17.2 Å². The number of benzene rings is 2. The highest BCUT2D eigenvalue weighted by Gasteiger charge is 2.55. The molecule has 23 heavy (non-hydrogen) atoms. The van der Waals surface area contributed by atoms with Gasteiger partial charge in [0.2, 0.25) is 9.84 Å². The molecule has 2 aromatic carbocycles. The Balaban J connectivity index is 1.48. The van der Waals surface area contributed by atoms with E-state index in [1.165, 1.54) is 23.3 Å². The van der Waals surface area contributed by atoms with Crippen LogP contribution in [0.4, 0.5) is 14.5 Å². The number of anilines is 1. The first-order chi connectivity index (χ1) is 11.0. The van der Waals surface area contributed by atoms with Gasteiger partial charge in [-0.2, -0.15) is 8.78 Å². The molecule has 3 unspecified atom stereocenters. The van der Waals surface area contributed by atoms with Crippen LogP contribution in [0.1, 0.15) is 17.0 Å². The monoisotopic (exact) mass is 335 g/mol. The molecule has 2 aromatic rings. The Morgan fingerprint density at radius 2 is 1.74 bits per heavy atom. The van der Waals surface area contributed by atoms with Crippen LogP contribution in [0, 0.1) is 5.92 Å². The molecule has 0 heterocycles. The Hall–Kier alpha value is -1.95. The molecule has 3 nitrogen and oxygen atoms in total. The zero-order valence-electron chi connectivity index (χ0n) is 12.1. The van der Waals surface area contributed by atoms with Crippen LogP contribution in [-0.4, -0.2) is 20.2 Å². The molecule has 0 amide bonds. The van der Waals surface area contributed by atoms with Crippen molar-refractivity contribution >= 4 is 15.5 Å². The standard InChI is InChI=1S/C17H15F2NO2S/c18-17(19)23(21,22)12-7-5-11(6-8-12)20-16-14-9-10-3-1-2-4-13(10)15(14)16/h1-8,14-17,20H,9H2. The zero-order valence-corrected chi connectivity index (χ0v) is 12.9. The maximum Gasteiger partial charge on any atom is 0.341 e. The van der Waals surface area contributed by atoms with Gasteiger partial charge in [0, 0.05) is 17.6 Å². The van der Waals surface area contributed by atoms with Crippen molar-refractivity contribution in [3.8, 4) is 0 Å². The van der Waals surface area contributed by atoms with Gasteiger partial charge in [-0.05, 0) is 47.7 Å². The van der Waals surface area contributed by atoms with Crippen molar-refractivity contribution in [2.75, 3.05) is 5.32 Å². The third-order valence-corrected chi connectivity index (χ3v) is 6.19. The molecule has 0 spiro atoms. The summed E-state index contributed by atoms with van der Waals surface area (Å²) in [6.07, 6.45) is 1.05. The molecule has 1 saturated carbocycles. The quantitative estimate of drug-likeness (QED) is 0.931. The highest BCUT2D eigenvalue weighted by molar-refractivity contribution is 7.91. The first-order valence-corrected chi connectivity index (χ1v) is 8.99. The molecule has 2 aliphatic rings. The van der Waals surface area contributed by atoms with Crippen LogP contribution in [0.5, 0.6) is 0 Å². The lowest BCUT2D eigenvalue weighted by Crippen LogP contribution is -2.12. The lowest BCUT2D eigenvalue weighted by Gasteiger charge is -2.11. The van der Waals surface area contributed by atoms with E-state index in [1.807, 2.05) is 12.1 Å². The van der Waals surface area contributed by atoms with E-state index in [4.69, 9.17) is 0 Å². The van der Waals surface area contributed by atoms with E-state index < -0.39 is 15.6 Å². The van der Waals surface area contributed by atoms with Crippen LogP contribution < -0.4 is 5.32 Å². The van der Waals surface area contributed by atoms with E-state index in [-0.39, 0.29) is 4.90 Å². The zero-order chi connectivity index (χ0) is 16.2. The second-order valence-electron chi connectivity index (χ2n) is 6.09. The first kappa shape index (κ1) is 14.6. The summed E-state index contributed by atoms with van der Waals surface area (Å²) < 4.78 is 47.8. The molecule has 0 aliphatic heterocycles. The third-order valence-electron chi connectivity index (χ3n) is 4.79. The second kappa shape index (κ2) is 5.03. The summed E-state index contributed by atoms with van der Waals surface area (Å²) in [6, 6.07) is 14.3. The highest BCUT2D eigenvalue weighted by atomic mass is 32.2. The first-order valence-electron chi connectivity index (χ1n) is 7.45. The second-order valence-corrected chi connectivity index (χ2v) is 8.01. The Morgan fingerprint density at radius 1 is 1.04 bits per heavy atom. The fourth-order valence-electron chi connectivity index (χ4n) is 3.58. The maximum atomic E-state index is 12.5. The molecule has 1 fully saturated rings. The number of halogens is 2. The lowest BCUT2D eigenvalue weighted by atomic mass is 10.1. The summed E-state index contributed by atoms with van der Waals surface area (Å²) in [5.41, 5.74) is 3.54. The number of fused-ring (bicyclic) bond motifs is 3. The van der Waals surface area contributed by atoms with Gasteiger partial charge in [0.25, 0.3) is 0 Å². The molecule has 6 heteroatoms. The molecular formula is C17H15F2NO2S. The van der Waals surface area contributed by atoms with E-state index in [0.717, 1.165) is 12.1 Å². The fourth-order valence-corrected chi connectivity index (χ4v) is 4.31. The lowest BCUT2D eigenvalue weighted by molar-refractivity contribution is 0.234. The van der Waals surface area contributed by atoms with Gasteiger partial charge in [0.1, 0.15) is 0 Å². The summed E-state index contributed by atoms with van der Waals surface area (Å²) in [7, 11) is -4.52. The predicted molar refractivity (Wildman–Crippen MR) is 83.4 cm³/mol. The number of nitrogens with one attached hydrogen (secondary N) is 1. The van der Waals surface area contributed by atoms with Gasteiger partial charge in [0.05, 0.1) is 4.90 Å². The summed E-state index contributed by atoms with van der Waals surface area (Å²) in [4.78, 5) is -0.348. The summed E-state index contributed by atoms with van der Waals surface area (Å²) in [6.45, 7) is 0. The van der Waals surface area contributed by atoms with Crippen molar-refractivity contribution in [2.24, 2.45) is 5.92 Å². The number of sulfone groups is 1. The molecular weight excluding hydrogens is 320 g/mol. The van der Waals surface area contributed by atoms with E-state index in [1.54, 1.807) is 12.1 Å². The number of rotatable bonds is 4. The minimum atomic E-state index is -4.52. The summed E-state index contributed by atoms with van der Waals surface area (Å²) >= 11 is 0. The molecule has 0 radical (unpaired) electrons. The van der Waals surface area contributed by atoms with E-state index in [0.29, 0.717) is 17.9 Å². The average Bonchev–Trinajstić information content (AvgIpc) is 3.05. The number of hydrogen-bond donors (Lipinski definition) is 1. The third kappa shape index (κ3) is 2.32. The van der Waals surface area contributed by atoms with Crippen molar-refractivity contribution in [2.45, 2.75) is 29.0 Å². The minimum absolute atomic E-state index is 0.336. The van der Waals surface area contributed by atoms with Gasteiger partial charge >= 0.3 is 5.76 Å². The van der Waals surface area contributed by atoms with Gasteiger partial charge in [-0.3, -0.25) is 0 Å². The SMILES string of the molecule is O=S(=O)(c1ccc(NC2C3Cc4ccccc4C32)cc1)C(F)F. The fraction of sp³-hybridized carbons (Fsp3) is 0.294. The number of hydrogen-bond acceptors (Lipinski definition) is 3. The largest absolute Gasteiger partial charge is 0.381 e. The minimum Gasteiger partial charge on any atom is -0.381 e. The maximum absolute atomic E-state index is 12.5. The Labute approximate surface area is 133 Å². The van der Waals surface area contributed by atoms with Crippen LogP contribution >= 0.6 is 0 Å². The summed E-state index contributed by atoms with van der Waals surface area (Å²) in [5, 5.41) is 3.38. The molecule has 120 valence electrons. The van der Waals surface area contributed by atoms with Crippen LogP contribution in [0.25, 0.3) is 0 Å². The van der Waals surface area contributed by atoms with Gasteiger partial charge in [-0.15, -0.1) is 0 Å². The Bertz CT molecular complexity index is 849. The number of alkyl halides is 2. The molecule has 2 aliphatic carbocycles. The topological polar surface area (TPSA) is 46.2 Å². The highest BCUT2D eigenvalue weighted by Crippen LogP contribution is 2.57. The Morgan fingerprint density at radius 3 is 2.43 bits per heavy atom. The van der Waals surface area contributed by atoms with Crippen molar-refractivity contribution in [1.29, 1.82) is 0 Å². The molecule has 1 N–H and O–H groups in total. The van der Waals surface area contributed by atoms with Crippen LogP contribution in [0.3, 0.4) is 0 Å². The van der Waals surface area contributed by atoms with Gasteiger partial charge < -0.3 is 5.32 Å². The van der Waals surface area contributed by atoms with E-state index >= 15 is 0 Å². The van der Waals surface area contributed by atoms with Crippen molar-refractivity contribution in [3.05, 3.63) is 59.7 Å². The summed E-state index contributed by atoms with van der Waals surface area (Å²) in [5.74, 6) is -2.33. The molecule has 4 rings (SSSR count). The normalized spacial score (nSPS) is 25.1. The van der Waals surface area contributed by atoms with Gasteiger partial charge in [0.15, 0.2) is 0 Å². The van der Waals surface area contributed by atoms with E-state index in [9.17, 15) is 17.2 Å². The predicted octanol–water partition coefficient (Wildman–Crippen LogP) is 3.43. The molecule has 0 aromatic heterocycles. The van der Waals surface area contributed by atoms with Crippen molar-refractivity contribution in [3.63, 3.8) is 0 Å². The Kier molecular flexibility index (Phi) is 3.20. The smallest absolute Gasteiger partial charge is 0.341 e. The van der Waals surface area contributed by atoms with Crippen LogP contribution in [0.15, 0.2) is 53.4 Å². The van der Waals surface area contributed by atoms with Crippen molar-refractivity contribution in [1.82, 2.24) is 0 Å². The van der Waals surface area contributed by atoms with Crippen LogP contribution in [-0.2, 0) is 16.3 Å². The molecule has 3 atom stereocenters. The van der Waals surface area contributed by atoms with Crippen LogP contribution in [0.2, 0.25) is 0 Å². The molecule has 0 bridgehead atoms.